The van der Waals surface area contributed by atoms with Gasteiger partial charge in [0, 0.05) is 23.4 Å². The Balaban J connectivity index is 2.27. The predicted molar refractivity (Wildman–Crippen MR) is 76.6 cm³/mol. The van der Waals surface area contributed by atoms with E-state index in [1.54, 1.807) is 6.92 Å². The van der Waals surface area contributed by atoms with Crippen molar-refractivity contribution in [2.45, 2.75) is 6.92 Å². The molecule has 0 spiro atoms. The maximum absolute atomic E-state index is 13.0. The van der Waals surface area contributed by atoms with Gasteiger partial charge in [-0.25, -0.2) is 4.39 Å². The topological polar surface area (TPSA) is 98.3 Å². The number of nitrogens with zero attached hydrogens (tertiary/aromatic N) is 1. The van der Waals surface area contributed by atoms with Gasteiger partial charge in [-0.3, -0.25) is 14.9 Å². The molecule has 3 N–H and O–H groups in total. The first-order valence-corrected chi connectivity index (χ1v) is 5.99. The van der Waals surface area contributed by atoms with Crippen LogP contribution < -0.4 is 11.1 Å². The zero-order valence-electron chi connectivity index (χ0n) is 11.1. The number of carbonyl (C=O) groups excluding carboxylic acids is 1. The van der Waals surface area contributed by atoms with Crippen LogP contribution >= 0.6 is 0 Å². The third kappa shape index (κ3) is 3.33. The molecule has 6 nitrogen and oxygen atoms in total. The number of aryl methyl sites for hydroxylation is 1. The summed E-state index contributed by atoms with van der Waals surface area (Å²) in [5, 5.41) is 13.3. The van der Waals surface area contributed by atoms with Gasteiger partial charge in [0.2, 0.25) is 0 Å². The lowest BCUT2D eigenvalue weighted by atomic mass is 10.1. The number of nitro benzene ring substituents is 1. The highest BCUT2D eigenvalue weighted by atomic mass is 19.1. The number of nitro groups is 1. The van der Waals surface area contributed by atoms with Gasteiger partial charge in [-0.05, 0) is 36.8 Å². The first-order valence-electron chi connectivity index (χ1n) is 5.99. The molecule has 0 unspecified atom stereocenters. The number of halogens is 1. The van der Waals surface area contributed by atoms with Crippen molar-refractivity contribution in [3.8, 4) is 0 Å². The second-order valence-electron chi connectivity index (χ2n) is 4.50. The number of anilines is 2. The van der Waals surface area contributed by atoms with E-state index in [-0.39, 0.29) is 16.9 Å². The van der Waals surface area contributed by atoms with E-state index in [1.807, 2.05) is 0 Å². The number of amides is 1. The van der Waals surface area contributed by atoms with Crippen LogP contribution in [0, 0.1) is 22.9 Å². The van der Waals surface area contributed by atoms with Gasteiger partial charge >= 0.3 is 0 Å². The number of non-ortho nitro benzene ring substituents is 1. The summed E-state index contributed by atoms with van der Waals surface area (Å²) in [6.45, 7) is 1.65. The van der Waals surface area contributed by atoms with Crippen molar-refractivity contribution in [2.75, 3.05) is 11.1 Å². The van der Waals surface area contributed by atoms with E-state index < -0.39 is 16.6 Å². The summed E-state index contributed by atoms with van der Waals surface area (Å²) in [4.78, 5) is 22.3. The van der Waals surface area contributed by atoms with Crippen LogP contribution in [0.1, 0.15) is 15.9 Å². The van der Waals surface area contributed by atoms with Crippen molar-refractivity contribution < 1.29 is 14.1 Å². The first kappa shape index (κ1) is 14.4. The fourth-order valence-corrected chi connectivity index (χ4v) is 1.82. The molecular weight excluding hydrogens is 277 g/mol. The van der Waals surface area contributed by atoms with E-state index in [1.165, 1.54) is 30.3 Å². The van der Waals surface area contributed by atoms with Crippen molar-refractivity contribution >= 4 is 23.0 Å². The average Bonchev–Trinajstić information content (AvgIpc) is 2.42. The van der Waals surface area contributed by atoms with Crippen LogP contribution in [-0.4, -0.2) is 10.8 Å². The third-order valence-electron chi connectivity index (χ3n) is 2.79. The maximum Gasteiger partial charge on any atom is 0.270 e. The monoisotopic (exact) mass is 289 g/mol. The molecule has 0 aliphatic rings. The molecule has 0 saturated heterocycles. The van der Waals surface area contributed by atoms with Crippen LogP contribution in [0.5, 0.6) is 0 Å². The van der Waals surface area contributed by atoms with Crippen LogP contribution in [-0.2, 0) is 0 Å². The second kappa shape index (κ2) is 5.58. The standard InChI is InChI=1S/C14H12FN3O3/c1-8-4-9(6-11(5-8)18(20)21)14(19)17-10-2-3-12(15)13(16)7-10/h2-7H,16H2,1H3,(H,17,19). The number of nitrogens with one attached hydrogen (secondary N) is 1. The van der Waals surface area contributed by atoms with E-state index in [0.717, 1.165) is 6.07 Å². The normalized spacial score (nSPS) is 10.2. The van der Waals surface area contributed by atoms with Crippen molar-refractivity contribution in [2.24, 2.45) is 0 Å². The molecule has 0 aromatic heterocycles. The number of benzene rings is 2. The molecule has 0 aliphatic heterocycles. The molecule has 0 fully saturated rings. The zero-order chi connectivity index (χ0) is 15.6. The smallest absolute Gasteiger partial charge is 0.270 e. The summed E-state index contributed by atoms with van der Waals surface area (Å²) in [6, 6.07) is 7.83. The average molecular weight is 289 g/mol. The fraction of sp³-hybridized carbons (Fsp3) is 0.0714. The van der Waals surface area contributed by atoms with Crippen molar-refractivity contribution in [3.05, 3.63) is 63.5 Å². The molecule has 2 rings (SSSR count). The summed E-state index contributed by atoms with van der Waals surface area (Å²) < 4.78 is 13.0. The van der Waals surface area contributed by atoms with E-state index in [4.69, 9.17) is 5.73 Å². The van der Waals surface area contributed by atoms with Crippen molar-refractivity contribution in [1.29, 1.82) is 0 Å². The molecule has 108 valence electrons. The number of hydrogen-bond acceptors (Lipinski definition) is 4. The molecule has 0 radical (unpaired) electrons. The summed E-state index contributed by atoms with van der Waals surface area (Å²) in [5.74, 6) is -1.12. The Bertz CT molecular complexity index is 731. The highest BCUT2D eigenvalue weighted by molar-refractivity contribution is 6.05. The Labute approximate surface area is 119 Å². The van der Waals surface area contributed by atoms with Crippen LogP contribution in [0.15, 0.2) is 36.4 Å². The lowest BCUT2D eigenvalue weighted by molar-refractivity contribution is -0.384. The Morgan fingerprint density at radius 3 is 2.62 bits per heavy atom. The summed E-state index contributed by atoms with van der Waals surface area (Å²) in [5.41, 5.74) is 6.19. The van der Waals surface area contributed by atoms with Gasteiger partial charge < -0.3 is 11.1 Å². The molecule has 0 heterocycles. The molecule has 0 bridgehead atoms. The molecule has 2 aromatic carbocycles. The summed E-state index contributed by atoms with van der Waals surface area (Å²) >= 11 is 0. The van der Waals surface area contributed by atoms with E-state index in [2.05, 4.69) is 5.32 Å². The van der Waals surface area contributed by atoms with Gasteiger partial charge in [0.25, 0.3) is 11.6 Å². The highest BCUT2D eigenvalue weighted by Crippen LogP contribution is 2.20. The number of hydrogen-bond donors (Lipinski definition) is 2. The Morgan fingerprint density at radius 1 is 1.29 bits per heavy atom. The Hall–Kier alpha value is -2.96. The zero-order valence-corrected chi connectivity index (χ0v) is 11.1. The predicted octanol–water partition coefficient (Wildman–Crippen LogP) is 2.88. The molecule has 0 atom stereocenters. The highest BCUT2D eigenvalue weighted by Gasteiger charge is 2.13. The van der Waals surface area contributed by atoms with Gasteiger partial charge in [0.15, 0.2) is 0 Å². The number of rotatable bonds is 3. The van der Waals surface area contributed by atoms with Crippen LogP contribution in [0.2, 0.25) is 0 Å². The summed E-state index contributed by atoms with van der Waals surface area (Å²) in [7, 11) is 0. The summed E-state index contributed by atoms with van der Waals surface area (Å²) in [6.07, 6.45) is 0. The molecule has 2 aromatic rings. The first-order chi connectivity index (χ1) is 9.86. The van der Waals surface area contributed by atoms with Gasteiger partial charge in [-0.15, -0.1) is 0 Å². The van der Waals surface area contributed by atoms with Crippen LogP contribution in [0.4, 0.5) is 21.5 Å². The number of nitrogen functional groups attached to an aromatic ring is 1. The Morgan fingerprint density at radius 2 is 2.00 bits per heavy atom. The fourth-order valence-electron chi connectivity index (χ4n) is 1.82. The lowest BCUT2D eigenvalue weighted by Gasteiger charge is -2.07. The van der Waals surface area contributed by atoms with Gasteiger partial charge in [-0.1, -0.05) is 0 Å². The second-order valence-corrected chi connectivity index (χ2v) is 4.50. The number of nitrogens with two attached hydrogens (primary N) is 1. The van der Waals surface area contributed by atoms with Crippen molar-refractivity contribution in [3.63, 3.8) is 0 Å². The Kier molecular flexibility index (Phi) is 3.84. The van der Waals surface area contributed by atoms with E-state index in [0.29, 0.717) is 11.3 Å². The molecular formula is C14H12FN3O3. The van der Waals surface area contributed by atoms with E-state index in [9.17, 15) is 19.3 Å². The minimum absolute atomic E-state index is 0.0944. The quantitative estimate of drug-likeness (QED) is 0.515. The molecule has 0 aliphatic carbocycles. The van der Waals surface area contributed by atoms with Gasteiger partial charge in [0.1, 0.15) is 5.82 Å². The maximum atomic E-state index is 13.0. The molecule has 21 heavy (non-hydrogen) atoms. The largest absolute Gasteiger partial charge is 0.396 e. The van der Waals surface area contributed by atoms with Gasteiger partial charge in [-0.2, -0.15) is 0 Å². The minimum Gasteiger partial charge on any atom is -0.396 e. The van der Waals surface area contributed by atoms with Gasteiger partial charge in [0.05, 0.1) is 10.6 Å². The lowest BCUT2D eigenvalue weighted by Crippen LogP contribution is -2.12. The van der Waals surface area contributed by atoms with Crippen molar-refractivity contribution in [1.82, 2.24) is 0 Å². The molecule has 1 amide bonds. The number of carbonyl (C=O) groups is 1. The molecule has 7 heteroatoms. The minimum atomic E-state index is -0.584. The van der Waals surface area contributed by atoms with Crippen LogP contribution in [0.25, 0.3) is 0 Å². The van der Waals surface area contributed by atoms with E-state index >= 15 is 0 Å². The third-order valence-corrected chi connectivity index (χ3v) is 2.79. The SMILES string of the molecule is Cc1cc(C(=O)Nc2ccc(F)c(N)c2)cc([N+](=O)[O-])c1. The van der Waals surface area contributed by atoms with Crippen LogP contribution in [0.3, 0.4) is 0 Å². The molecule has 0 saturated carbocycles.